The van der Waals surface area contributed by atoms with E-state index < -0.39 is 11.9 Å². The first-order chi connectivity index (χ1) is 15.1. The van der Waals surface area contributed by atoms with Crippen LogP contribution in [0.4, 0.5) is 0 Å². The van der Waals surface area contributed by atoms with Crippen molar-refractivity contribution in [1.29, 1.82) is 0 Å². The summed E-state index contributed by atoms with van der Waals surface area (Å²) in [6.45, 7) is 5.88. The summed E-state index contributed by atoms with van der Waals surface area (Å²) in [6, 6.07) is 13.1. The molecule has 0 aliphatic rings. The van der Waals surface area contributed by atoms with Crippen LogP contribution in [-0.4, -0.2) is 38.4 Å². The lowest BCUT2D eigenvalue weighted by Gasteiger charge is -2.08. The first-order valence-corrected chi connectivity index (χ1v) is 10.9. The van der Waals surface area contributed by atoms with Crippen LogP contribution in [0.3, 0.4) is 0 Å². The average molecular weight is 429 g/mol. The van der Waals surface area contributed by atoms with Crippen molar-refractivity contribution in [3.05, 3.63) is 59.7 Å². The van der Waals surface area contributed by atoms with Crippen molar-refractivity contribution < 1.29 is 28.5 Å². The van der Waals surface area contributed by atoms with Gasteiger partial charge in [0.25, 0.3) is 0 Å². The van der Waals surface area contributed by atoms with Crippen molar-refractivity contribution in [2.75, 3.05) is 26.4 Å². The fourth-order valence-electron chi connectivity index (χ4n) is 2.83. The van der Waals surface area contributed by atoms with Crippen molar-refractivity contribution in [1.82, 2.24) is 0 Å². The number of rotatable bonds is 14. The van der Waals surface area contributed by atoms with E-state index in [0.29, 0.717) is 36.7 Å². The Hall–Kier alpha value is -2.86. The van der Waals surface area contributed by atoms with Crippen LogP contribution in [-0.2, 0) is 9.47 Å². The summed E-state index contributed by atoms with van der Waals surface area (Å²) >= 11 is 0. The van der Waals surface area contributed by atoms with E-state index in [1.807, 2.05) is 6.92 Å². The van der Waals surface area contributed by atoms with Crippen LogP contribution in [0.2, 0.25) is 0 Å². The van der Waals surface area contributed by atoms with E-state index in [4.69, 9.17) is 18.9 Å². The van der Waals surface area contributed by atoms with Gasteiger partial charge in [-0.05, 0) is 61.9 Å². The molecule has 0 aromatic heterocycles. The second-order valence-electron chi connectivity index (χ2n) is 7.03. The Morgan fingerprint density at radius 3 is 1.94 bits per heavy atom. The van der Waals surface area contributed by atoms with Crippen LogP contribution >= 0.6 is 0 Å². The molecule has 0 aliphatic carbocycles. The minimum absolute atomic E-state index is 0.196. The van der Waals surface area contributed by atoms with E-state index in [1.54, 1.807) is 48.5 Å². The Labute approximate surface area is 184 Å². The van der Waals surface area contributed by atoms with Gasteiger partial charge in [0.15, 0.2) is 0 Å². The van der Waals surface area contributed by atoms with Gasteiger partial charge < -0.3 is 18.9 Å². The highest BCUT2D eigenvalue weighted by molar-refractivity contribution is 5.92. The van der Waals surface area contributed by atoms with Crippen LogP contribution in [0.15, 0.2) is 48.5 Å². The highest BCUT2D eigenvalue weighted by atomic mass is 16.6. The van der Waals surface area contributed by atoms with Crippen LogP contribution < -0.4 is 9.47 Å². The number of carbonyl (C=O) groups excluding carboxylic acids is 2. The van der Waals surface area contributed by atoms with Crippen molar-refractivity contribution in [2.45, 2.75) is 46.0 Å². The molecule has 0 unspecified atom stereocenters. The minimum atomic E-state index is -0.474. The summed E-state index contributed by atoms with van der Waals surface area (Å²) in [5.74, 6) is 0.166. The summed E-state index contributed by atoms with van der Waals surface area (Å²) in [4.78, 5) is 24.3. The molecule has 0 N–H and O–H groups in total. The molecule has 0 heterocycles. The fourth-order valence-corrected chi connectivity index (χ4v) is 2.83. The number of benzene rings is 2. The molecule has 2 aromatic carbocycles. The number of hydrogen-bond acceptors (Lipinski definition) is 6. The zero-order valence-electron chi connectivity index (χ0n) is 18.4. The predicted molar refractivity (Wildman–Crippen MR) is 119 cm³/mol. The maximum atomic E-state index is 12.3. The highest BCUT2D eigenvalue weighted by Crippen LogP contribution is 2.17. The van der Waals surface area contributed by atoms with Crippen LogP contribution in [0.1, 0.15) is 66.7 Å². The predicted octanol–water partition coefficient (Wildman–Crippen LogP) is 5.45. The summed E-state index contributed by atoms with van der Waals surface area (Å²) in [5, 5.41) is 0. The van der Waals surface area contributed by atoms with Gasteiger partial charge in [0.2, 0.25) is 0 Å². The molecule has 31 heavy (non-hydrogen) atoms. The molecular weight excluding hydrogens is 396 g/mol. The highest BCUT2D eigenvalue weighted by Gasteiger charge is 2.11. The molecule has 0 amide bonds. The molecule has 6 nitrogen and oxygen atoms in total. The van der Waals surface area contributed by atoms with Gasteiger partial charge in [0.1, 0.15) is 18.1 Å². The average Bonchev–Trinajstić information content (AvgIpc) is 2.80. The summed E-state index contributed by atoms with van der Waals surface area (Å²) in [5.41, 5.74) is 0.808. The lowest BCUT2D eigenvalue weighted by Crippen LogP contribution is -2.11. The third kappa shape index (κ3) is 9.22. The molecule has 168 valence electrons. The molecule has 2 rings (SSSR count). The van der Waals surface area contributed by atoms with Crippen LogP contribution in [0, 0.1) is 0 Å². The zero-order valence-corrected chi connectivity index (χ0v) is 18.4. The smallest absolute Gasteiger partial charge is 0.343 e. The van der Waals surface area contributed by atoms with E-state index >= 15 is 0 Å². The Morgan fingerprint density at radius 2 is 1.29 bits per heavy atom. The van der Waals surface area contributed by atoms with E-state index in [2.05, 4.69) is 6.92 Å². The summed E-state index contributed by atoms with van der Waals surface area (Å²) < 4.78 is 21.3. The third-order valence-electron chi connectivity index (χ3n) is 4.57. The molecule has 2 aromatic rings. The van der Waals surface area contributed by atoms with Gasteiger partial charge in [-0.25, -0.2) is 9.59 Å². The Balaban J connectivity index is 1.77. The second kappa shape index (κ2) is 14.2. The topological polar surface area (TPSA) is 71.1 Å². The number of unbranched alkanes of at least 4 members (excludes halogenated alkanes) is 4. The number of carbonyl (C=O) groups is 2. The normalized spacial score (nSPS) is 10.5. The van der Waals surface area contributed by atoms with Crippen LogP contribution in [0.5, 0.6) is 11.5 Å². The number of esters is 2. The molecule has 6 heteroatoms. The van der Waals surface area contributed by atoms with Crippen molar-refractivity contribution >= 4 is 11.9 Å². The van der Waals surface area contributed by atoms with Crippen molar-refractivity contribution in [3.8, 4) is 11.5 Å². The van der Waals surface area contributed by atoms with E-state index in [1.165, 1.54) is 25.7 Å². The van der Waals surface area contributed by atoms with Gasteiger partial charge in [-0.15, -0.1) is 0 Å². The SMILES string of the molecule is CCCCCCCOc1ccc(C(=O)Oc2ccc(C(=O)OCCOCC)cc2)cc1. The van der Waals surface area contributed by atoms with Gasteiger partial charge >= 0.3 is 11.9 Å². The third-order valence-corrected chi connectivity index (χ3v) is 4.57. The van der Waals surface area contributed by atoms with Gasteiger partial charge in [0, 0.05) is 6.61 Å². The van der Waals surface area contributed by atoms with Gasteiger partial charge in [-0.1, -0.05) is 32.6 Å². The molecule has 0 aliphatic heterocycles. The molecule has 0 fully saturated rings. The number of ether oxygens (including phenoxy) is 4. The first-order valence-electron chi connectivity index (χ1n) is 10.9. The summed E-state index contributed by atoms with van der Waals surface area (Å²) in [6.07, 6.45) is 5.92. The van der Waals surface area contributed by atoms with Crippen LogP contribution in [0.25, 0.3) is 0 Å². The van der Waals surface area contributed by atoms with Gasteiger partial charge in [0.05, 0.1) is 24.3 Å². The van der Waals surface area contributed by atoms with Crippen molar-refractivity contribution in [2.24, 2.45) is 0 Å². The minimum Gasteiger partial charge on any atom is -0.494 e. The molecule has 0 saturated heterocycles. The second-order valence-corrected chi connectivity index (χ2v) is 7.03. The Kier molecular flexibility index (Phi) is 11.2. The van der Waals surface area contributed by atoms with Gasteiger partial charge in [-0.2, -0.15) is 0 Å². The van der Waals surface area contributed by atoms with Crippen molar-refractivity contribution in [3.63, 3.8) is 0 Å². The van der Waals surface area contributed by atoms with Gasteiger partial charge in [-0.3, -0.25) is 0 Å². The first kappa shape index (κ1) is 24.4. The molecule has 0 spiro atoms. The Morgan fingerprint density at radius 1 is 0.677 bits per heavy atom. The standard InChI is InChI=1S/C25H32O6/c1-3-5-6-7-8-17-29-22-13-9-21(10-14-22)25(27)31-23-15-11-20(12-16-23)24(26)30-19-18-28-4-2/h9-16H,3-8,17-19H2,1-2H3. The number of hydrogen-bond donors (Lipinski definition) is 0. The van der Waals surface area contributed by atoms with E-state index in [-0.39, 0.29) is 6.61 Å². The maximum absolute atomic E-state index is 12.3. The van der Waals surface area contributed by atoms with E-state index in [9.17, 15) is 9.59 Å². The molecular formula is C25H32O6. The fraction of sp³-hybridized carbons (Fsp3) is 0.440. The molecule has 0 atom stereocenters. The molecule has 0 saturated carbocycles. The zero-order chi connectivity index (χ0) is 22.3. The summed E-state index contributed by atoms with van der Waals surface area (Å²) in [7, 11) is 0. The molecule has 0 radical (unpaired) electrons. The lowest BCUT2D eigenvalue weighted by atomic mass is 10.2. The van der Waals surface area contributed by atoms with E-state index in [0.717, 1.165) is 12.2 Å². The largest absolute Gasteiger partial charge is 0.494 e. The monoisotopic (exact) mass is 428 g/mol. The Bertz CT molecular complexity index is 783. The lowest BCUT2D eigenvalue weighted by molar-refractivity contribution is 0.0335. The maximum Gasteiger partial charge on any atom is 0.343 e. The quantitative estimate of drug-likeness (QED) is 0.226. The molecule has 0 bridgehead atoms.